The summed E-state index contributed by atoms with van der Waals surface area (Å²) in [4.78, 5) is 4.01. The van der Waals surface area contributed by atoms with Crippen LogP contribution < -0.4 is 15.8 Å². The van der Waals surface area contributed by atoms with Crippen LogP contribution in [0.15, 0.2) is 36.7 Å². The van der Waals surface area contributed by atoms with E-state index in [2.05, 4.69) is 10.3 Å². The summed E-state index contributed by atoms with van der Waals surface area (Å²) in [5, 5.41) is 3.12. The minimum atomic E-state index is -0.470. The molecular weight excluding hydrogens is 233 g/mol. The fourth-order valence-corrected chi connectivity index (χ4v) is 1.58. The normalized spacial score (nSPS) is 10.1. The van der Waals surface area contributed by atoms with Gasteiger partial charge in [0.15, 0.2) is 11.6 Å². The maximum atomic E-state index is 13.4. The van der Waals surface area contributed by atoms with Crippen LogP contribution in [0.1, 0.15) is 5.56 Å². The standard InChI is InChI=1S/C13H14FN3O/c1-18-13-6-12(11(15)5-10(13)14)17-8-9-3-2-4-16-7-9/h2-7,17H,8,15H2,1H3. The number of benzene rings is 1. The number of nitrogen functional groups attached to an aromatic ring is 1. The summed E-state index contributed by atoms with van der Waals surface area (Å²) >= 11 is 0. The second kappa shape index (κ2) is 5.35. The monoisotopic (exact) mass is 247 g/mol. The van der Waals surface area contributed by atoms with E-state index in [-0.39, 0.29) is 5.75 Å². The Morgan fingerprint density at radius 1 is 1.44 bits per heavy atom. The molecule has 0 atom stereocenters. The van der Waals surface area contributed by atoms with Gasteiger partial charge >= 0.3 is 0 Å². The molecule has 0 aliphatic carbocycles. The predicted octanol–water partition coefficient (Wildman–Crippen LogP) is 2.42. The van der Waals surface area contributed by atoms with Crippen LogP contribution in [-0.4, -0.2) is 12.1 Å². The Balaban J connectivity index is 2.14. The second-order valence-corrected chi connectivity index (χ2v) is 3.79. The van der Waals surface area contributed by atoms with Gasteiger partial charge in [0.05, 0.1) is 18.5 Å². The minimum Gasteiger partial charge on any atom is -0.494 e. The largest absolute Gasteiger partial charge is 0.494 e. The summed E-state index contributed by atoms with van der Waals surface area (Å²) in [5.74, 6) is -0.306. The quantitative estimate of drug-likeness (QED) is 0.814. The molecule has 1 aromatic carbocycles. The number of nitrogens with one attached hydrogen (secondary N) is 1. The number of hydrogen-bond donors (Lipinski definition) is 2. The number of methoxy groups -OCH3 is 1. The van der Waals surface area contributed by atoms with Crippen LogP contribution in [0.4, 0.5) is 15.8 Å². The Hall–Kier alpha value is -2.30. The average Bonchev–Trinajstić information content (AvgIpc) is 2.39. The van der Waals surface area contributed by atoms with E-state index in [1.807, 2.05) is 12.1 Å². The summed E-state index contributed by atoms with van der Waals surface area (Å²) in [6, 6.07) is 6.58. The molecule has 0 aliphatic heterocycles. The lowest BCUT2D eigenvalue weighted by molar-refractivity contribution is 0.387. The average molecular weight is 247 g/mol. The van der Waals surface area contributed by atoms with E-state index in [1.54, 1.807) is 18.5 Å². The fraction of sp³-hybridized carbons (Fsp3) is 0.154. The number of anilines is 2. The Kier molecular flexibility index (Phi) is 3.62. The van der Waals surface area contributed by atoms with Gasteiger partial charge in [0, 0.05) is 31.1 Å². The van der Waals surface area contributed by atoms with E-state index < -0.39 is 5.82 Å². The first kappa shape index (κ1) is 12.2. The Bertz CT molecular complexity index is 531. The molecule has 0 unspecified atom stereocenters. The highest BCUT2D eigenvalue weighted by Gasteiger charge is 2.07. The van der Waals surface area contributed by atoms with Crippen LogP contribution in [-0.2, 0) is 6.54 Å². The van der Waals surface area contributed by atoms with Crippen molar-refractivity contribution in [2.45, 2.75) is 6.54 Å². The van der Waals surface area contributed by atoms with Crippen molar-refractivity contribution in [2.24, 2.45) is 0 Å². The van der Waals surface area contributed by atoms with Crippen molar-refractivity contribution < 1.29 is 9.13 Å². The number of rotatable bonds is 4. The Labute approximate surface area is 105 Å². The molecule has 5 heteroatoms. The molecule has 1 aromatic heterocycles. The number of nitrogens with zero attached hydrogens (tertiary/aromatic N) is 1. The molecule has 0 fully saturated rings. The van der Waals surface area contributed by atoms with Crippen LogP contribution in [0.2, 0.25) is 0 Å². The van der Waals surface area contributed by atoms with Crippen molar-refractivity contribution in [3.63, 3.8) is 0 Å². The summed E-state index contributed by atoms with van der Waals surface area (Å²) in [5.41, 5.74) is 7.73. The fourth-order valence-electron chi connectivity index (χ4n) is 1.58. The first-order chi connectivity index (χ1) is 8.70. The highest BCUT2D eigenvalue weighted by atomic mass is 19.1. The van der Waals surface area contributed by atoms with E-state index in [0.29, 0.717) is 17.9 Å². The summed E-state index contributed by atoms with van der Waals surface area (Å²) in [6.45, 7) is 0.562. The molecule has 0 bridgehead atoms. The van der Waals surface area contributed by atoms with Crippen LogP contribution in [0.25, 0.3) is 0 Å². The zero-order valence-electron chi connectivity index (χ0n) is 9.98. The molecule has 3 N–H and O–H groups in total. The van der Waals surface area contributed by atoms with E-state index in [9.17, 15) is 4.39 Å². The van der Waals surface area contributed by atoms with E-state index in [4.69, 9.17) is 10.5 Å². The van der Waals surface area contributed by atoms with Crippen LogP contribution in [0.3, 0.4) is 0 Å². The van der Waals surface area contributed by atoms with E-state index >= 15 is 0 Å². The topological polar surface area (TPSA) is 60.2 Å². The van der Waals surface area contributed by atoms with Gasteiger partial charge in [-0.1, -0.05) is 6.07 Å². The minimum absolute atomic E-state index is 0.165. The highest BCUT2D eigenvalue weighted by molar-refractivity contribution is 5.68. The van der Waals surface area contributed by atoms with Crippen LogP contribution >= 0.6 is 0 Å². The molecule has 0 saturated carbocycles. The molecule has 0 saturated heterocycles. The number of pyridine rings is 1. The van der Waals surface area contributed by atoms with Gasteiger partial charge in [0.25, 0.3) is 0 Å². The summed E-state index contributed by atoms with van der Waals surface area (Å²) < 4.78 is 18.3. The number of nitrogens with two attached hydrogens (primary N) is 1. The third-order valence-corrected chi connectivity index (χ3v) is 2.53. The maximum absolute atomic E-state index is 13.4. The Morgan fingerprint density at radius 3 is 2.94 bits per heavy atom. The van der Waals surface area contributed by atoms with Crippen LogP contribution in [0, 0.1) is 5.82 Å². The molecule has 0 radical (unpaired) electrons. The molecule has 1 heterocycles. The van der Waals surface area contributed by atoms with Gasteiger partial charge in [-0.3, -0.25) is 4.98 Å². The van der Waals surface area contributed by atoms with E-state index in [0.717, 1.165) is 5.56 Å². The lowest BCUT2D eigenvalue weighted by Crippen LogP contribution is -2.04. The Morgan fingerprint density at radius 2 is 2.28 bits per heavy atom. The lowest BCUT2D eigenvalue weighted by Gasteiger charge is -2.11. The number of hydrogen-bond acceptors (Lipinski definition) is 4. The van der Waals surface area contributed by atoms with Crippen LogP contribution in [0.5, 0.6) is 5.75 Å². The molecule has 18 heavy (non-hydrogen) atoms. The van der Waals surface area contributed by atoms with Crippen molar-refractivity contribution in [1.82, 2.24) is 4.98 Å². The lowest BCUT2D eigenvalue weighted by atomic mass is 10.2. The molecular formula is C13H14FN3O. The van der Waals surface area contributed by atoms with Crippen molar-refractivity contribution in [3.05, 3.63) is 48.0 Å². The predicted molar refractivity (Wildman–Crippen MR) is 68.9 cm³/mol. The zero-order chi connectivity index (χ0) is 13.0. The molecule has 0 aliphatic rings. The third-order valence-electron chi connectivity index (χ3n) is 2.53. The van der Waals surface area contributed by atoms with Crippen molar-refractivity contribution in [3.8, 4) is 5.75 Å². The molecule has 2 aromatic rings. The molecule has 94 valence electrons. The van der Waals surface area contributed by atoms with E-state index in [1.165, 1.54) is 13.2 Å². The number of ether oxygens (including phenoxy) is 1. The van der Waals surface area contributed by atoms with Gasteiger partial charge in [-0.15, -0.1) is 0 Å². The van der Waals surface area contributed by atoms with Gasteiger partial charge in [0.2, 0.25) is 0 Å². The molecule has 0 amide bonds. The first-order valence-corrected chi connectivity index (χ1v) is 5.46. The van der Waals surface area contributed by atoms with Gasteiger partial charge in [0.1, 0.15) is 0 Å². The SMILES string of the molecule is COc1cc(NCc2cccnc2)c(N)cc1F. The number of halogens is 1. The number of aromatic nitrogens is 1. The maximum Gasteiger partial charge on any atom is 0.167 e. The second-order valence-electron chi connectivity index (χ2n) is 3.79. The van der Waals surface area contributed by atoms with Crippen molar-refractivity contribution >= 4 is 11.4 Å². The zero-order valence-corrected chi connectivity index (χ0v) is 9.98. The first-order valence-electron chi connectivity index (χ1n) is 5.46. The van der Waals surface area contributed by atoms with Gasteiger partial charge < -0.3 is 15.8 Å². The van der Waals surface area contributed by atoms with Crippen molar-refractivity contribution in [1.29, 1.82) is 0 Å². The molecule has 2 rings (SSSR count). The van der Waals surface area contributed by atoms with Crippen molar-refractivity contribution in [2.75, 3.05) is 18.2 Å². The molecule has 0 spiro atoms. The summed E-state index contributed by atoms with van der Waals surface area (Å²) in [6.07, 6.45) is 3.46. The van der Waals surface area contributed by atoms with Gasteiger partial charge in [-0.25, -0.2) is 4.39 Å². The molecule has 4 nitrogen and oxygen atoms in total. The van der Waals surface area contributed by atoms with Gasteiger partial charge in [-0.05, 0) is 11.6 Å². The van der Waals surface area contributed by atoms with Gasteiger partial charge in [-0.2, -0.15) is 0 Å². The highest BCUT2D eigenvalue weighted by Crippen LogP contribution is 2.28. The smallest absolute Gasteiger partial charge is 0.167 e. The summed E-state index contributed by atoms with van der Waals surface area (Å²) in [7, 11) is 1.42. The third kappa shape index (κ3) is 2.68.